The number of benzene rings is 10. The summed E-state index contributed by atoms with van der Waals surface area (Å²) in [6.45, 7) is 20.3. The topological polar surface area (TPSA) is 14.2 Å². The van der Waals surface area contributed by atoms with Crippen LogP contribution < -0.4 is 21.1 Å². The maximum Gasteiger partial charge on any atom is 0.256 e. The highest BCUT2D eigenvalue weighted by atomic mass is 16.5. The molecule has 13 rings (SSSR count). The first-order valence-electron chi connectivity index (χ1n) is 25.9. The first kappa shape index (κ1) is 44.8. The van der Waals surface area contributed by atoms with Crippen LogP contribution in [0.3, 0.4) is 0 Å². The summed E-state index contributed by atoms with van der Waals surface area (Å²) < 4.78 is 10.3. The van der Waals surface area contributed by atoms with E-state index in [9.17, 15) is 0 Å². The molecule has 0 amide bonds. The van der Waals surface area contributed by atoms with Crippen molar-refractivity contribution < 1.29 is 4.74 Å². The number of nitrogens with zero attached hydrogens (tertiary/aromatic N) is 1. The van der Waals surface area contributed by atoms with Gasteiger partial charge in [-0.05, 0) is 189 Å². The van der Waals surface area contributed by atoms with Crippen molar-refractivity contribution in [2.75, 3.05) is 0 Å². The van der Waals surface area contributed by atoms with E-state index in [0.717, 1.165) is 28.2 Å². The number of hydrogen-bond acceptors (Lipinski definition) is 1. The quantitative estimate of drug-likeness (QED) is 0.152. The molecule has 3 heterocycles. The van der Waals surface area contributed by atoms with E-state index in [-0.39, 0.29) is 12.1 Å². The Morgan fingerprint density at radius 1 is 0.411 bits per heavy atom. The number of ether oxygens (including phenoxy) is 1. The fourth-order valence-electron chi connectivity index (χ4n) is 12.9. The van der Waals surface area contributed by atoms with Gasteiger partial charge in [0.25, 0.3) is 6.71 Å². The van der Waals surface area contributed by atoms with Gasteiger partial charge in [0.15, 0.2) is 0 Å². The third-order valence-corrected chi connectivity index (χ3v) is 15.9. The molecule has 2 aliphatic rings. The average molecular weight is 940 g/mol. The second kappa shape index (κ2) is 16.7. The number of aromatic nitrogens is 1. The van der Waals surface area contributed by atoms with Crippen LogP contribution in [0.25, 0.3) is 94.3 Å². The van der Waals surface area contributed by atoms with Crippen LogP contribution in [-0.4, -0.2) is 11.3 Å². The first-order valence-corrected chi connectivity index (χ1v) is 25.9. The zero-order chi connectivity index (χ0) is 50.0. The van der Waals surface area contributed by atoms with E-state index in [4.69, 9.17) is 4.74 Å². The van der Waals surface area contributed by atoms with Gasteiger partial charge in [0, 0.05) is 27.5 Å². The van der Waals surface area contributed by atoms with E-state index in [1.807, 2.05) is 0 Å². The number of fused-ring (bicyclic) bond motifs is 7. The van der Waals surface area contributed by atoms with Crippen LogP contribution in [0, 0.1) is 41.5 Å². The Balaban J connectivity index is 1.19. The maximum atomic E-state index is 7.71. The van der Waals surface area contributed by atoms with Gasteiger partial charge in [-0.3, -0.25) is 0 Å². The lowest BCUT2D eigenvalue weighted by molar-refractivity contribution is 0.484. The highest BCUT2D eigenvalue weighted by Crippen LogP contribution is 2.48. The van der Waals surface area contributed by atoms with Gasteiger partial charge in [-0.15, -0.1) is 0 Å². The Bertz CT molecular complexity index is 4050. The largest absolute Gasteiger partial charge is 0.458 e. The van der Waals surface area contributed by atoms with Crippen molar-refractivity contribution in [3.05, 3.63) is 227 Å². The van der Waals surface area contributed by atoms with E-state index in [1.54, 1.807) is 0 Å². The van der Waals surface area contributed by atoms with E-state index < -0.39 is 0 Å². The normalized spacial score (nSPS) is 12.5. The zero-order valence-corrected chi connectivity index (χ0v) is 43.3. The van der Waals surface area contributed by atoms with Crippen LogP contribution in [0.15, 0.2) is 188 Å². The minimum atomic E-state index is -0.154. The minimum absolute atomic E-state index is 0.152. The van der Waals surface area contributed by atoms with Gasteiger partial charge >= 0.3 is 0 Å². The van der Waals surface area contributed by atoms with Crippen molar-refractivity contribution in [2.45, 2.75) is 67.7 Å². The van der Waals surface area contributed by atoms with E-state index in [1.165, 1.54) is 133 Å². The molecule has 73 heavy (non-hydrogen) atoms. The van der Waals surface area contributed by atoms with Gasteiger partial charge in [0.1, 0.15) is 11.5 Å². The molecule has 0 radical (unpaired) electrons. The minimum Gasteiger partial charge on any atom is -0.458 e. The first-order chi connectivity index (χ1) is 35.3. The smallest absolute Gasteiger partial charge is 0.256 e. The molecular weight excluding hydrogens is 882 g/mol. The van der Waals surface area contributed by atoms with Gasteiger partial charge in [-0.2, -0.15) is 0 Å². The molecule has 2 aliphatic heterocycles. The molecule has 3 heteroatoms. The monoisotopic (exact) mass is 939 g/mol. The third-order valence-electron chi connectivity index (χ3n) is 15.9. The molecule has 0 unspecified atom stereocenters. The Kier molecular flexibility index (Phi) is 10.3. The maximum absolute atomic E-state index is 7.71. The van der Waals surface area contributed by atoms with Crippen molar-refractivity contribution in [2.24, 2.45) is 0 Å². The van der Waals surface area contributed by atoms with Crippen LogP contribution in [0.5, 0.6) is 11.5 Å². The summed E-state index contributed by atoms with van der Waals surface area (Å²) in [6.07, 6.45) is 0. The molecule has 0 aliphatic carbocycles. The zero-order valence-electron chi connectivity index (χ0n) is 43.3. The lowest BCUT2D eigenvalue weighted by Crippen LogP contribution is -2.58. The standard InChI is InChI=1S/C70H58BNO/c1-41-30-43(3)65(44(4)31-41)49-28-29-62-57(34-49)58-36-51(66-45(5)32-42(2)33-46(66)6)38-60-68(58)72(62)63-39-52(70(7,8)9)40-64-67(63)71(60)61-37-50(55-26-17-16-24-53(55)47-20-12-10-13-21-47)35-59(69(61)73-64)56-27-19-18-25-54(56)48-22-14-11-15-23-48/h10-40H,1-9H3. The highest BCUT2D eigenvalue weighted by molar-refractivity contribution is 6.99. The Labute approximate surface area is 430 Å². The number of aryl methyl sites for hydroxylation is 6. The van der Waals surface area contributed by atoms with Crippen LogP contribution in [0.1, 0.15) is 59.7 Å². The summed E-state index contributed by atoms with van der Waals surface area (Å²) in [5.41, 5.74) is 30.6. The van der Waals surface area contributed by atoms with E-state index >= 15 is 0 Å². The van der Waals surface area contributed by atoms with Gasteiger partial charge in [-0.25, -0.2) is 0 Å². The fourth-order valence-corrected chi connectivity index (χ4v) is 12.9. The van der Waals surface area contributed by atoms with Gasteiger partial charge < -0.3 is 9.30 Å². The predicted molar refractivity (Wildman–Crippen MR) is 312 cm³/mol. The molecule has 0 bridgehead atoms. The summed E-state index contributed by atoms with van der Waals surface area (Å²) in [6, 6.07) is 70.8. The van der Waals surface area contributed by atoms with E-state index in [2.05, 4.69) is 255 Å². The van der Waals surface area contributed by atoms with Gasteiger partial charge in [0.05, 0.1) is 5.52 Å². The molecule has 11 aromatic rings. The highest BCUT2D eigenvalue weighted by Gasteiger charge is 2.43. The molecule has 10 aromatic carbocycles. The lowest BCUT2D eigenvalue weighted by Gasteiger charge is -2.36. The summed E-state index contributed by atoms with van der Waals surface area (Å²) in [5.74, 6) is 1.84. The molecular formula is C70H58BNO. The third kappa shape index (κ3) is 7.15. The van der Waals surface area contributed by atoms with Gasteiger partial charge in [-0.1, -0.05) is 184 Å². The molecule has 0 fully saturated rings. The Morgan fingerprint density at radius 2 is 0.918 bits per heavy atom. The van der Waals surface area contributed by atoms with Crippen LogP contribution >= 0.6 is 0 Å². The predicted octanol–water partition coefficient (Wildman–Crippen LogP) is 16.9. The average Bonchev–Trinajstić information content (AvgIpc) is 3.71. The molecule has 352 valence electrons. The molecule has 0 N–H and O–H groups in total. The van der Waals surface area contributed by atoms with Crippen molar-refractivity contribution in [1.82, 2.24) is 4.57 Å². The van der Waals surface area contributed by atoms with Crippen LogP contribution in [0.4, 0.5) is 0 Å². The molecule has 0 saturated carbocycles. The van der Waals surface area contributed by atoms with Crippen molar-refractivity contribution in [3.8, 4) is 83.9 Å². The number of rotatable bonds is 6. The summed E-state index contributed by atoms with van der Waals surface area (Å²) in [5, 5.41) is 2.53. The molecule has 0 atom stereocenters. The lowest BCUT2D eigenvalue weighted by atomic mass is 9.34. The second-order valence-electron chi connectivity index (χ2n) is 22.0. The second-order valence-corrected chi connectivity index (χ2v) is 22.0. The molecule has 0 saturated heterocycles. The van der Waals surface area contributed by atoms with Crippen molar-refractivity contribution >= 4 is 44.9 Å². The summed E-state index contributed by atoms with van der Waals surface area (Å²) in [4.78, 5) is 0. The fraction of sp³-hybridized carbons (Fsp3) is 0.143. The van der Waals surface area contributed by atoms with Crippen molar-refractivity contribution in [3.63, 3.8) is 0 Å². The molecule has 2 nitrogen and oxygen atoms in total. The Hall–Kier alpha value is -8.14. The molecule has 1 aromatic heterocycles. The van der Waals surface area contributed by atoms with Crippen molar-refractivity contribution in [1.29, 1.82) is 0 Å². The van der Waals surface area contributed by atoms with Crippen LogP contribution in [-0.2, 0) is 5.41 Å². The summed E-state index contributed by atoms with van der Waals surface area (Å²) >= 11 is 0. The number of hydrogen-bond donors (Lipinski definition) is 0. The van der Waals surface area contributed by atoms with Crippen LogP contribution in [0.2, 0.25) is 0 Å². The summed E-state index contributed by atoms with van der Waals surface area (Å²) in [7, 11) is 0. The van der Waals surface area contributed by atoms with Gasteiger partial charge in [0.2, 0.25) is 0 Å². The SMILES string of the molecule is Cc1cc(C)c(-c2ccc3c(c2)c2cc(-c4c(C)cc(C)cc4C)cc4c2n3-c2cc(C(C)(C)C)cc3c2B4c2cc(-c4ccccc4-c4ccccc4)cc(-c4ccccc4-c4ccccc4)c2O3)c(C)c1. The molecule has 0 spiro atoms. The van der Waals surface area contributed by atoms with E-state index in [0.29, 0.717) is 0 Å². The Morgan fingerprint density at radius 3 is 1.51 bits per heavy atom.